The van der Waals surface area contributed by atoms with Gasteiger partial charge in [0.2, 0.25) is 0 Å². The van der Waals surface area contributed by atoms with Gasteiger partial charge in [-0.2, -0.15) is 0 Å². The van der Waals surface area contributed by atoms with Gasteiger partial charge in [0.05, 0.1) is 0 Å². The third kappa shape index (κ3) is 10.5. The molecule has 0 atom stereocenters. The van der Waals surface area contributed by atoms with Crippen molar-refractivity contribution < 1.29 is 0 Å². The van der Waals surface area contributed by atoms with Crippen LogP contribution in [0.5, 0.6) is 0 Å². The van der Waals surface area contributed by atoms with Crippen LogP contribution in [0.2, 0.25) is 0 Å². The van der Waals surface area contributed by atoms with Gasteiger partial charge in [-0.3, -0.25) is 0 Å². The summed E-state index contributed by atoms with van der Waals surface area (Å²) in [6.45, 7) is 0. The van der Waals surface area contributed by atoms with E-state index >= 15 is 0 Å². The summed E-state index contributed by atoms with van der Waals surface area (Å²) >= 11 is 0. The maximum absolute atomic E-state index is 4.60. The van der Waals surface area contributed by atoms with Crippen molar-refractivity contribution in [1.82, 2.24) is 45.1 Å². The molecule has 0 aromatic heterocycles. The lowest BCUT2D eigenvalue weighted by Gasteiger charge is -2.46. The summed E-state index contributed by atoms with van der Waals surface area (Å²) in [5.74, 6) is 0. The van der Waals surface area contributed by atoms with E-state index in [4.69, 9.17) is 0 Å². The highest BCUT2D eigenvalue weighted by atomic mass is 31.3. The quantitative estimate of drug-likeness (QED) is 0.0910. The van der Waals surface area contributed by atoms with Crippen LogP contribution in [-0.4, -0.2) is 36.3 Å². The summed E-state index contributed by atoms with van der Waals surface area (Å²) in [5.41, 5.74) is 0. The van der Waals surface area contributed by atoms with Crippen molar-refractivity contribution in [2.75, 3.05) is 0 Å². The van der Waals surface area contributed by atoms with Crippen LogP contribution in [0.4, 0.5) is 0 Å². The molecule has 0 aromatic carbocycles. The van der Waals surface area contributed by atoms with Gasteiger partial charge in [-0.05, 0) is 77.0 Å². The molecule has 0 radical (unpaired) electrons. The van der Waals surface area contributed by atoms with Crippen molar-refractivity contribution >= 4 is 23.6 Å². The number of hydrogen-bond acceptors (Lipinski definition) is 9. The zero-order chi connectivity index (χ0) is 32.5. The molecule has 0 spiro atoms. The van der Waals surface area contributed by atoms with E-state index in [2.05, 4.69) is 45.1 Å². The van der Waals surface area contributed by atoms with Gasteiger partial charge >= 0.3 is 23.6 Å². The molecule has 6 aliphatic carbocycles. The number of rotatable bonds is 12. The molecule has 12 heteroatoms. The molecule has 0 amide bonds. The Morgan fingerprint density at radius 1 is 0.229 bits per heavy atom. The van der Waals surface area contributed by atoms with Gasteiger partial charge in [-0.15, -0.1) is 30.5 Å². The monoisotopic (exact) mass is 727 g/mol. The van der Waals surface area contributed by atoms with E-state index in [1.54, 1.807) is 0 Å². The van der Waals surface area contributed by atoms with Gasteiger partial charge in [0.1, 0.15) is 0 Å². The fourth-order valence-electron chi connectivity index (χ4n) is 10.2. The number of hydrogen-bond donors (Lipinski definition) is 9. The van der Waals surface area contributed by atoms with Crippen molar-refractivity contribution in [3.63, 3.8) is 0 Å². The van der Waals surface area contributed by atoms with Crippen LogP contribution >= 0.6 is 23.6 Å². The third-order valence-electron chi connectivity index (χ3n) is 12.8. The Balaban J connectivity index is 1.30. The molecule has 9 nitrogen and oxygen atoms in total. The second-order valence-corrected chi connectivity index (χ2v) is 25.1. The molecule has 1 saturated heterocycles. The fourth-order valence-corrected chi connectivity index (χ4v) is 25.2. The van der Waals surface area contributed by atoms with Crippen LogP contribution in [0, 0.1) is 0 Å². The van der Waals surface area contributed by atoms with Gasteiger partial charge in [0.25, 0.3) is 0 Å². The largest absolute Gasteiger partial charge is 0.375 e. The topological polar surface area (TPSA) is 108 Å². The smallest absolute Gasteiger partial charge is 0.138 e. The zero-order valence-corrected chi connectivity index (χ0v) is 33.2. The highest BCUT2D eigenvalue weighted by Crippen LogP contribution is 2.73. The van der Waals surface area contributed by atoms with E-state index in [1.165, 1.54) is 193 Å². The normalized spacial score (nSPS) is 30.8. The van der Waals surface area contributed by atoms with E-state index < -0.39 is 23.6 Å². The maximum atomic E-state index is 4.60. The Bertz CT molecular complexity index is 750. The molecule has 0 bridgehead atoms. The van der Waals surface area contributed by atoms with Crippen molar-refractivity contribution in [2.45, 2.75) is 229 Å². The summed E-state index contributed by atoms with van der Waals surface area (Å²) < 4.78 is 0. The first-order chi connectivity index (χ1) is 23.6. The lowest BCUT2D eigenvalue weighted by atomic mass is 9.96. The minimum atomic E-state index is -2.25. The molecule has 9 N–H and O–H groups in total. The predicted molar refractivity (Wildman–Crippen MR) is 210 cm³/mol. The van der Waals surface area contributed by atoms with Gasteiger partial charge < -0.3 is 0 Å². The molecular weight excluding hydrogens is 651 g/mol. The third-order valence-corrected chi connectivity index (χ3v) is 24.5. The van der Waals surface area contributed by atoms with Gasteiger partial charge in [-0.25, -0.2) is 0 Å². The first-order valence-corrected chi connectivity index (χ1v) is 26.7. The molecule has 0 unspecified atom stereocenters. The van der Waals surface area contributed by atoms with Crippen molar-refractivity contribution in [2.24, 2.45) is 0 Å². The van der Waals surface area contributed by atoms with Crippen molar-refractivity contribution in [3.05, 3.63) is 0 Å². The van der Waals surface area contributed by atoms with Crippen LogP contribution < -0.4 is 45.1 Å². The summed E-state index contributed by atoms with van der Waals surface area (Å²) in [5, 5.41) is 27.1. The molecule has 6 saturated carbocycles. The molecular formula is C36H75N9P3+3. The lowest BCUT2D eigenvalue weighted by molar-refractivity contribution is 0.389. The van der Waals surface area contributed by atoms with E-state index in [9.17, 15) is 0 Å². The Hall–Kier alpha value is 0.930. The molecule has 1 aliphatic heterocycles. The highest BCUT2D eigenvalue weighted by Gasteiger charge is 2.74. The van der Waals surface area contributed by atoms with E-state index in [1.807, 2.05) is 0 Å². The van der Waals surface area contributed by atoms with E-state index in [0.717, 1.165) is 0 Å². The SMILES string of the molecule is C1CCC(N[P+]2(NC3CCCCC3)N[P+](NC3CCCCC3)(NC3CCCCC3)N[P+](NC3CCCCC3)(NC3CCCCC3)N2)CC1. The van der Waals surface area contributed by atoms with E-state index in [0.29, 0.717) is 36.3 Å². The Kier molecular flexibility index (Phi) is 14.2. The Labute approximate surface area is 296 Å². The Morgan fingerprint density at radius 3 is 0.521 bits per heavy atom. The summed E-state index contributed by atoms with van der Waals surface area (Å²) in [7, 11) is -6.76. The van der Waals surface area contributed by atoms with E-state index in [-0.39, 0.29) is 0 Å². The fraction of sp³-hybridized carbons (Fsp3) is 1.00. The first-order valence-electron chi connectivity index (χ1n) is 21.3. The first kappa shape index (κ1) is 37.3. The minimum absolute atomic E-state index is 0.568. The van der Waals surface area contributed by atoms with Gasteiger partial charge in [0.15, 0.2) is 0 Å². The zero-order valence-electron chi connectivity index (χ0n) is 30.5. The number of nitrogens with one attached hydrogen (secondary N) is 9. The van der Waals surface area contributed by atoms with Gasteiger partial charge in [-0.1, -0.05) is 116 Å². The standard InChI is InChI=1S/C36H75N9P3/c1-7-19-31(20-8-1)37-46(38-32-21-9-2-10-22-32)43-47(39-33-23-11-3-12-24-33,40-34-25-13-4-14-26-34)45-48(44-46,41-35-27-15-5-16-28-35)42-36-29-17-6-18-30-36/h31-45H,1-30H2/q+3. The maximum Gasteiger partial charge on any atom is 0.375 e. The minimum Gasteiger partial charge on any atom is -0.138 e. The molecule has 7 aliphatic rings. The summed E-state index contributed by atoms with van der Waals surface area (Å²) in [6.07, 6.45) is 40.4. The summed E-state index contributed by atoms with van der Waals surface area (Å²) in [6, 6.07) is 3.41. The van der Waals surface area contributed by atoms with Crippen LogP contribution in [0.25, 0.3) is 0 Å². The van der Waals surface area contributed by atoms with Gasteiger partial charge in [0, 0.05) is 50.8 Å². The van der Waals surface area contributed by atoms with Crippen LogP contribution in [0.1, 0.15) is 193 Å². The van der Waals surface area contributed by atoms with Crippen LogP contribution in [0.3, 0.4) is 0 Å². The molecule has 7 fully saturated rings. The van der Waals surface area contributed by atoms with Crippen molar-refractivity contribution in [1.29, 1.82) is 0 Å². The molecule has 276 valence electrons. The van der Waals surface area contributed by atoms with Crippen molar-refractivity contribution in [3.8, 4) is 0 Å². The molecule has 7 rings (SSSR count). The average molecular weight is 727 g/mol. The molecule has 48 heavy (non-hydrogen) atoms. The second-order valence-electron chi connectivity index (χ2n) is 17.1. The molecule has 1 heterocycles. The summed E-state index contributed by atoms with van der Waals surface area (Å²) in [4.78, 5) is 13.8. The Morgan fingerprint density at radius 2 is 0.375 bits per heavy atom. The van der Waals surface area contributed by atoms with Crippen LogP contribution in [0.15, 0.2) is 0 Å². The second kappa shape index (κ2) is 18.3. The van der Waals surface area contributed by atoms with Crippen LogP contribution in [-0.2, 0) is 0 Å². The lowest BCUT2D eigenvalue weighted by Crippen LogP contribution is -2.67. The predicted octanol–water partition coefficient (Wildman–Crippen LogP) is 9.34. The molecule has 0 aromatic rings. The highest BCUT2D eigenvalue weighted by molar-refractivity contribution is 7.97. The average Bonchev–Trinajstić information content (AvgIpc) is 3.10.